The van der Waals surface area contributed by atoms with Crippen LogP contribution in [0.3, 0.4) is 0 Å². The van der Waals surface area contributed by atoms with Crippen LogP contribution in [-0.2, 0) is 6.42 Å². The molecular formula is C16H20ClN3O2. The van der Waals surface area contributed by atoms with Gasteiger partial charge in [0.25, 0.3) is 5.56 Å². The summed E-state index contributed by atoms with van der Waals surface area (Å²) in [7, 11) is 0. The first kappa shape index (κ1) is 16.5. The molecule has 0 aliphatic heterocycles. The number of hydrogen-bond acceptors (Lipinski definition) is 3. The van der Waals surface area contributed by atoms with E-state index in [9.17, 15) is 9.59 Å². The second kappa shape index (κ2) is 7.42. The van der Waals surface area contributed by atoms with Crippen LogP contribution in [0, 0.1) is 0 Å². The van der Waals surface area contributed by atoms with Crippen molar-refractivity contribution in [2.75, 3.05) is 13.1 Å². The third-order valence-electron chi connectivity index (χ3n) is 3.35. The summed E-state index contributed by atoms with van der Waals surface area (Å²) in [4.78, 5) is 24.9. The van der Waals surface area contributed by atoms with Crippen molar-refractivity contribution in [3.05, 3.63) is 50.9 Å². The second-order valence-electron chi connectivity index (χ2n) is 5.04. The van der Waals surface area contributed by atoms with Gasteiger partial charge >= 0.3 is 0 Å². The highest BCUT2D eigenvalue weighted by Crippen LogP contribution is 2.15. The average molecular weight is 322 g/mol. The molecule has 0 saturated heterocycles. The van der Waals surface area contributed by atoms with Crippen molar-refractivity contribution in [1.29, 1.82) is 0 Å². The maximum Gasteiger partial charge on any atom is 0.282 e. The maximum absolute atomic E-state index is 12.6. The molecule has 0 atom stereocenters. The fourth-order valence-electron chi connectivity index (χ4n) is 2.32. The maximum atomic E-state index is 12.6. The van der Waals surface area contributed by atoms with Crippen molar-refractivity contribution < 1.29 is 4.79 Å². The molecule has 0 spiro atoms. The Balaban J connectivity index is 2.49. The lowest BCUT2D eigenvalue weighted by Crippen LogP contribution is -2.28. The zero-order chi connectivity index (χ0) is 16.1. The van der Waals surface area contributed by atoms with E-state index in [1.165, 1.54) is 4.68 Å². The first-order valence-corrected chi connectivity index (χ1v) is 7.80. The molecule has 2 aromatic rings. The van der Waals surface area contributed by atoms with Crippen molar-refractivity contribution in [2.45, 2.75) is 26.7 Å². The molecule has 0 aliphatic carbocycles. The summed E-state index contributed by atoms with van der Waals surface area (Å²) in [5.74, 6) is -0.188. The summed E-state index contributed by atoms with van der Waals surface area (Å²) in [6.07, 6.45) is 1.49. The van der Waals surface area contributed by atoms with Crippen molar-refractivity contribution in [2.24, 2.45) is 0 Å². The molecule has 0 amide bonds. The molecule has 0 fully saturated rings. The molecule has 0 aliphatic rings. The molecule has 22 heavy (non-hydrogen) atoms. The van der Waals surface area contributed by atoms with Gasteiger partial charge in [-0.3, -0.25) is 14.7 Å². The highest BCUT2D eigenvalue weighted by molar-refractivity contribution is 6.30. The number of halogens is 1. The van der Waals surface area contributed by atoms with Crippen molar-refractivity contribution >= 4 is 17.4 Å². The van der Waals surface area contributed by atoms with Crippen molar-refractivity contribution in [3.8, 4) is 5.69 Å². The van der Waals surface area contributed by atoms with E-state index in [2.05, 4.69) is 10.4 Å². The number of carbonyl (C=O) groups excluding carboxylic acids is 1. The zero-order valence-electron chi connectivity index (χ0n) is 12.8. The Bertz CT molecular complexity index is 718. The number of carbonyl (C=O) groups is 1. The third kappa shape index (κ3) is 3.48. The number of nitrogens with zero attached hydrogens (tertiary/aromatic N) is 1. The van der Waals surface area contributed by atoms with Gasteiger partial charge in [0.2, 0.25) is 0 Å². The van der Waals surface area contributed by atoms with Gasteiger partial charge in [-0.2, -0.15) is 0 Å². The molecule has 6 heteroatoms. The number of nitrogens with one attached hydrogen (secondary N) is 2. The first-order valence-electron chi connectivity index (χ1n) is 7.42. The van der Waals surface area contributed by atoms with Crippen LogP contribution in [0.2, 0.25) is 5.02 Å². The predicted octanol–water partition coefficient (Wildman–Crippen LogP) is 2.56. The molecular weight excluding hydrogens is 302 g/mol. The van der Waals surface area contributed by atoms with Crippen LogP contribution in [0.1, 0.15) is 36.3 Å². The molecule has 0 unspecified atom stereocenters. The van der Waals surface area contributed by atoms with E-state index in [0.29, 0.717) is 29.4 Å². The summed E-state index contributed by atoms with van der Waals surface area (Å²) in [5, 5.41) is 6.56. The van der Waals surface area contributed by atoms with Gasteiger partial charge in [-0.25, -0.2) is 4.68 Å². The highest BCUT2D eigenvalue weighted by atomic mass is 35.5. The summed E-state index contributed by atoms with van der Waals surface area (Å²) in [5.41, 5.74) is 1.21. The number of aromatic nitrogens is 2. The quantitative estimate of drug-likeness (QED) is 0.770. The van der Waals surface area contributed by atoms with Gasteiger partial charge in [-0.05, 0) is 31.2 Å². The molecule has 2 N–H and O–H groups in total. The fourth-order valence-corrected chi connectivity index (χ4v) is 2.51. The lowest BCUT2D eigenvalue weighted by atomic mass is 10.1. The standard InChI is InChI=1S/C16H20ClN3O2/c1-3-6-13-15(14(21)10-18-4-2)16(22)20(19-13)12-8-5-7-11(17)9-12/h5,7-9,18-19H,3-4,6,10H2,1-2H3. The summed E-state index contributed by atoms with van der Waals surface area (Å²) in [6.45, 7) is 4.77. The van der Waals surface area contributed by atoms with Crippen molar-refractivity contribution in [1.82, 2.24) is 15.1 Å². The molecule has 0 bridgehead atoms. The van der Waals surface area contributed by atoms with Gasteiger partial charge in [0.05, 0.1) is 12.2 Å². The van der Waals surface area contributed by atoms with Gasteiger partial charge in [0.15, 0.2) is 5.78 Å². The summed E-state index contributed by atoms with van der Waals surface area (Å²) in [6, 6.07) is 6.97. The lowest BCUT2D eigenvalue weighted by Gasteiger charge is -2.01. The Hall–Kier alpha value is -1.85. The van der Waals surface area contributed by atoms with Gasteiger partial charge in [-0.1, -0.05) is 37.9 Å². The van der Waals surface area contributed by atoms with E-state index in [4.69, 9.17) is 11.6 Å². The Morgan fingerprint density at radius 2 is 2.14 bits per heavy atom. The number of aryl methyl sites for hydroxylation is 1. The number of H-pyrrole nitrogens is 1. The number of Topliss-reactive ketones (excluding diaryl/α,β-unsaturated/α-hetero) is 1. The number of likely N-dealkylation sites (N-methyl/N-ethyl adjacent to an activating group) is 1. The molecule has 5 nitrogen and oxygen atoms in total. The molecule has 2 rings (SSSR count). The van der Waals surface area contributed by atoms with Gasteiger partial charge in [-0.15, -0.1) is 0 Å². The molecule has 118 valence electrons. The van der Waals surface area contributed by atoms with E-state index < -0.39 is 0 Å². The van der Waals surface area contributed by atoms with Crippen LogP contribution in [-0.4, -0.2) is 28.7 Å². The van der Waals surface area contributed by atoms with Crippen LogP contribution < -0.4 is 10.9 Å². The summed E-state index contributed by atoms with van der Waals surface area (Å²) >= 11 is 5.98. The normalized spacial score (nSPS) is 10.9. The predicted molar refractivity (Wildman–Crippen MR) is 88.3 cm³/mol. The van der Waals surface area contributed by atoms with Crippen LogP contribution >= 0.6 is 11.6 Å². The minimum Gasteiger partial charge on any atom is -0.310 e. The molecule has 1 aromatic heterocycles. The van der Waals surface area contributed by atoms with Gasteiger partial charge in [0, 0.05) is 10.7 Å². The Morgan fingerprint density at radius 3 is 2.77 bits per heavy atom. The van der Waals surface area contributed by atoms with Crippen LogP contribution in [0.4, 0.5) is 0 Å². The van der Waals surface area contributed by atoms with E-state index in [0.717, 1.165) is 6.42 Å². The third-order valence-corrected chi connectivity index (χ3v) is 3.58. The average Bonchev–Trinajstić information content (AvgIpc) is 2.82. The van der Waals surface area contributed by atoms with Crippen LogP contribution in [0.25, 0.3) is 5.69 Å². The smallest absolute Gasteiger partial charge is 0.282 e. The van der Waals surface area contributed by atoms with Gasteiger partial charge in [0.1, 0.15) is 5.56 Å². The van der Waals surface area contributed by atoms with Crippen LogP contribution in [0.15, 0.2) is 29.1 Å². The number of aromatic amines is 1. The van der Waals surface area contributed by atoms with Gasteiger partial charge < -0.3 is 5.32 Å². The van der Waals surface area contributed by atoms with Crippen molar-refractivity contribution in [3.63, 3.8) is 0 Å². The molecule has 0 saturated carbocycles. The second-order valence-corrected chi connectivity index (χ2v) is 5.48. The van der Waals surface area contributed by atoms with Crippen LogP contribution in [0.5, 0.6) is 0 Å². The monoisotopic (exact) mass is 321 g/mol. The molecule has 1 aromatic carbocycles. The Morgan fingerprint density at radius 1 is 1.36 bits per heavy atom. The number of hydrogen-bond donors (Lipinski definition) is 2. The SMILES string of the molecule is CCCc1[nH]n(-c2cccc(Cl)c2)c(=O)c1C(=O)CNCC. The van der Waals surface area contributed by atoms with E-state index in [-0.39, 0.29) is 23.5 Å². The largest absolute Gasteiger partial charge is 0.310 e. The molecule has 0 radical (unpaired) electrons. The molecule has 1 heterocycles. The Labute approximate surface area is 134 Å². The topological polar surface area (TPSA) is 66.9 Å². The minimum absolute atomic E-state index is 0.163. The van der Waals surface area contributed by atoms with E-state index >= 15 is 0 Å². The Kier molecular flexibility index (Phi) is 5.57. The minimum atomic E-state index is -0.325. The first-order chi connectivity index (χ1) is 10.6. The number of ketones is 1. The number of benzene rings is 1. The highest BCUT2D eigenvalue weighted by Gasteiger charge is 2.20. The zero-order valence-corrected chi connectivity index (χ0v) is 13.5. The van der Waals surface area contributed by atoms with E-state index in [1.807, 2.05) is 13.8 Å². The lowest BCUT2D eigenvalue weighted by molar-refractivity contribution is 0.0990. The van der Waals surface area contributed by atoms with E-state index in [1.54, 1.807) is 24.3 Å². The summed E-state index contributed by atoms with van der Waals surface area (Å²) < 4.78 is 1.38. The number of rotatable bonds is 7. The fraction of sp³-hybridized carbons (Fsp3) is 0.375.